The molecule has 0 aromatic rings. The topological polar surface area (TPSA) is 62.1 Å². The van der Waals surface area contributed by atoms with Crippen molar-refractivity contribution >= 4 is 5.91 Å². The van der Waals surface area contributed by atoms with Crippen molar-refractivity contribution in [1.29, 1.82) is 5.26 Å². The summed E-state index contributed by atoms with van der Waals surface area (Å²) in [5.74, 6) is -0.0688. The van der Waals surface area contributed by atoms with Gasteiger partial charge in [0.25, 0.3) is 0 Å². The zero-order valence-corrected chi connectivity index (χ0v) is 10.1. The predicted molar refractivity (Wildman–Crippen MR) is 60.7 cm³/mol. The first-order valence-electron chi connectivity index (χ1n) is 5.87. The average Bonchev–Trinajstić information content (AvgIpc) is 2.27. The van der Waals surface area contributed by atoms with Crippen LogP contribution >= 0.6 is 0 Å². The number of carbonyl (C=O) groups excluding carboxylic acids is 1. The van der Waals surface area contributed by atoms with Gasteiger partial charge in [-0.2, -0.15) is 5.26 Å². The van der Waals surface area contributed by atoms with Crippen molar-refractivity contribution in [2.45, 2.75) is 57.6 Å². The minimum atomic E-state index is -0.773. The first kappa shape index (κ1) is 13.0. The molecule has 90 valence electrons. The molecule has 4 nitrogen and oxygen atoms in total. The zero-order chi connectivity index (χ0) is 12.0. The van der Waals surface area contributed by atoms with E-state index in [-0.39, 0.29) is 12.0 Å². The van der Waals surface area contributed by atoms with Crippen LogP contribution in [0.25, 0.3) is 0 Å². The van der Waals surface area contributed by atoms with Crippen molar-refractivity contribution in [2.75, 3.05) is 6.61 Å². The lowest BCUT2D eigenvalue weighted by Gasteiger charge is -2.23. The Balaban J connectivity index is 2.22. The summed E-state index contributed by atoms with van der Waals surface area (Å²) >= 11 is 0. The van der Waals surface area contributed by atoms with Gasteiger partial charge < -0.3 is 10.1 Å². The molecule has 0 aromatic heterocycles. The molecule has 1 heterocycles. The van der Waals surface area contributed by atoms with E-state index in [1.54, 1.807) is 13.8 Å². The highest BCUT2D eigenvalue weighted by Gasteiger charge is 2.20. The lowest BCUT2D eigenvalue weighted by atomic mass is 10.0. The third kappa shape index (κ3) is 4.63. The van der Waals surface area contributed by atoms with Crippen molar-refractivity contribution in [3.8, 4) is 6.07 Å². The molecular formula is C12H20N2O2. The molecule has 0 radical (unpaired) electrons. The number of rotatable bonds is 4. The molecule has 1 fully saturated rings. The molecule has 0 saturated carbocycles. The van der Waals surface area contributed by atoms with Crippen molar-refractivity contribution < 1.29 is 9.53 Å². The van der Waals surface area contributed by atoms with Crippen LogP contribution in [-0.2, 0) is 9.53 Å². The van der Waals surface area contributed by atoms with Crippen LogP contribution < -0.4 is 5.32 Å². The fraction of sp³-hybridized carbons (Fsp3) is 0.833. The molecule has 1 aliphatic heterocycles. The first-order chi connectivity index (χ1) is 7.53. The van der Waals surface area contributed by atoms with Crippen LogP contribution in [0.15, 0.2) is 0 Å². The Morgan fingerprint density at radius 2 is 2.31 bits per heavy atom. The van der Waals surface area contributed by atoms with Gasteiger partial charge in [-0.25, -0.2) is 0 Å². The third-order valence-electron chi connectivity index (χ3n) is 2.70. The summed E-state index contributed by atoms with van der Waals surface area (Å²) in [6, 6.07) is 2.05. The molecular weight excluding hydrogens is 204 g/mol. The Labute approximate surface area is 97.0 Å². The van der Waals surface area contributed by atoms with E-state index in [1.807, 2.05) is 6.07 Å². The predicted octanol–water partition coefficient (Wildman–Crippen LogP) is 1.75. The molecule has 0 bridgehead atoms. The molecule has 4 heteroatoms. The molecule has 16 heavy (non-hydrogen) atoms. The minimum absolute atomic E-state index is 0.0688. The van der Waals surface area contributed by atoms with Crippen LogP contribution in [0.5, 0.6) is 0 Å². The molecule has 1 atom stereocenters. The van der Waals surface area contributed by atoms with Gasteiger partial charge in [0.15, 0.2) is 0 Å². The van der Waals surface area contributed by atoms with Gasteiger partial charge in [-0.1, -0.05) is 0 Å². The molecule has 1 N–H and O–H groups in total. The lowest BCUT2D eigenvalue weighted by Crippen LogP contribution is -2.42. The van der Waals surface area contributed by atoms with Crippen molar-refractivity contribution in [3.63, 3.8) is 0 Å². The van der Waals surface area contributed by atoms with E-state index >= 15 is 0 Å². The number of carbonyl (C=O) groups is 1. The van der Waals surface area contributed by atoms with Gasteiger partial charge in [0.05, 0.1) is 12.2 Å². The van der Waals surface area contributed by atoms with Crippen LogP contribution in [0.1, 0.15) is 46.0 Å². The van der Waals surface area contributed by atoms with Crippen LogP contribution in [0.3, 0.4) is 0 Å². The molecule has 0 aliphatic carbocycles. The summed E-state index contributed by atoms with van der Waals surface area (Å²) in [6.07, 6.45) is 4.79. The van der Waals surface area contributed by atoms with Crippen molar-refractivity contribution in [2.24, 2.45) is 0 Å². The Morgan fingerprint density at radius 3 is 2.88 bits per heavy atom. The number of nitrogens with zero attached hydrogens (tertiary/aromatic N) is 1. The summed E-state index contributed by atoms with van der Waals surface area (Å²) in [5.41, 5.74) is -0.773. The highest BCUT2D eigenvalue weighted by Crippen LogP contribution is 2.17. The molecule has 1 amide bonds. The summed E-state index contributed by atoms with van der Waals surface area (Å²) in [6.45, 7) is 4.21. The molecule has 1 aliphatic rings. The standard InChI is InChI=1S/C12H20N2O2/c1-12(2,9-13)14-11(15)7-6-10-5-3-4-8-16-10/h10H,3-8H2,1-2H3,(H,14,15). The Bertz CT molecular complexity index is 275. The molecule has 0 spiro atoms. The summed E-state index contributed by atoms with van der Waals surface area (Å²) in [7, 11) is 0. The van der Waals surface area contributed by atoms with Crippen LogP contribution in [0, 0.1) is 11.3 Å². The Hall–Kier alpha value is -1.08. The number of ether oxygens (including phenoxy) is 1. The zero-order valence-electron chi connectivity index (χ0n) is 10.1. The van der Waals surface area contributed by atoms with Crippen LogP contribution in [0.4, 0.5) is 0 Å². The normalized spacial score (nSPS) is 21.2. The summed E-state index contributed by atoms with van der Waals surface area (Å²) < 4.78 is 5.54. The van der Waals surface area contributed by atoms with Gasteiger partial charge in [0, 0.05) is 13.0 Å². The molecule has 1 saturated heterocycles. The van der Waals surface area contributed by atoms with Crippen molar-refractivity contribution in [1.82, 2.24) is 5.32 Å². The Kier molecular flexibility index (Phi) is 4.75. The minimum Gasteiger partial charge on any atom is -0.378 e. The van der Waals surface area contributed by atoms with E-state index < -0.39 is 5.54 Å². The van der Waals surface area contributed by atoms with E-state index in [0.717, 1.165) is 25.9 Å². The molecule has 1 rings (SSSR count). The fourth-order valence-electron chi connectivity index (χ4n) is 1.77. The maximum Gasteiger partial charge on any atom is 0.221 e. The van der Waals surface area contributed by atoms with Crippen molar-refractivity contribution in [3.05, 3.63) is 0 Å². The van der Waals surface area contributed by atoms with Gasteiger partial charge in [0.1, 0.15) is 5.54 Å². The molecule has 0 aromatic carbocycles. The monoisotopic (exact) mass is 224 g/mol. The quantitative estimate of drug-likeness (QED) is 0.791. The van der Waals surface area contributed by atoms with Gasteiger partial charge >= 0.3 is 0 Å². The maximum atomic E-state index is 11.5. The van der Waals surface area contributed by atoms with Crippen LogP contribution in [0.2, 0.25) is 0 Å². The highest BCUT2D eigenvalue weighted by atomic mass is 16.5. The highest BCUT2D eigenvalue weighted by molar-refractivity contribution is 5.77. The first-order valence-corrected chi connectivity index (χ1v) is 5.87. The summed E-state index contributed by atoms with van der Waals surface area (Å²) in [4.78, 5) is 11.5. The van der Waals surface area contributed by atoms with Gasteiger partial charge in [-0.05, 0) is 39.5 Å². The van der Waals surface area contributed by atoms with E-state index in [9.17, 15) is 4.79 Å². The average molecular weight is 224 g/mol. The molecule has 1 unspecified atom stereocenters. The van der Waals surface area contributed by atoms with E-state index in [4.69, 9.17) is 10.00 Å². The van der Waals surface area contributed by atoms with E-state index in [1.165, 1.54) is 6.42 Å². The second-order valence-electron chi connectivity index (χ2n) is 4.81. The fourth-order valence-corrected chi connectivity index (χ4v) is 1.77. The summed E-state index contributed by atoms with van der Waals surface area (Å²) in [5, 5.41) is 11.5. The number of nitrogens with one attached hydrogen (secondary N) is 1. The second kappa shape index (κ2) is 5.86. The maximum absolute atomic E-state index is 11.5. The van der Waals surface area contributed by atoms with Gasteiger partial charge in [-0.15, -0.1) is 0 Å². The largest absolute Gasteiger partial charge is 0.378 e. The smallest absolute Gasteiger partial charge is 0.221 e. The lowest BCUT2D eigenvalue weighted by molar-refractivity contribution is -0.123. The number of hydrogen-bond donors (Lipinski definition) is 1. The van der Waals surface area contributed by atoms with E-state index in [2.05, 4.69) is 5.32 Å². The number of amides is 1. The third-order valence-corrected chi connectivity index (χ3v) is 2.70. The van der Waals surface area contributed by atoms with Gasteiger partial charge in [0.2, 0.25) is 5.91 Å². The van der Waals surface area contributed by atoms with Crippen LogP contribution in [-0.4, -0.2) is 24.2 Å². The number of nitriles is 1. The SMILES string of the molecule is CC(C)(C#N)NC(=O)CCC1CCCCO1. The van der Waals surface area contributed by atoms with Gasteiger partial charge in [-0.3, -0.25) is 4.79 Å². The Morgan fingerprint density at radius 1 is 1.56 bits per heavy atom. The second-order valence-corrected chi connectivity index (χ2v) is 4.81. The number of hydrogen-bond acceptors (Lipinski definition) is 3. The van der Waals surface area contributed by atoms with E-state index in [0.29, 0.717) is 6.42 Å².